The normalized spacial score (nSPS) is 21.8. The molecule has 1 aliphatic carbocycles. The summed E-state index contributed by atoms with van der Waals surface area (Å²) >= 11 is 1.08. The highest BCUT2D eigenvalue weighted by molar-refractivity contribution is 7.18. The lowest BCUT2D eigenvalue weighted by molar-refractivity contribution is -0.126. The van der Waals surface area contributed by atoms with Crippen LogP contribution in [0.1, 0.15) is 53.8 Å². The lowest BCUT2D eigenvalue weighted by Crippen LogP contribution is -2.39. The molecule has 0 radical (unpaired) electrons. The minimum absolute atomic E-state index is 0.196. The number of nitrogens with one attached hydrogen (secondary N) is 1. The molecule has 3 aromatic heterocycles. The van der Waals surface area contributed by atoms with Crippen molar-refractivity contribution in [2.75, 3.05) is 38.0 Å². The molecule has 2 aliphatic heterocycles. The first-order valence-corrected chi connectivity index (χ1v) is 16.6. The third-order valence-corrected chi connectivity index (χ3v) is 11.1. The van der Waals surface area contributed by atoms with Crippen LogP contribution in [-0.4, -0.2) is 69.3 Å². The Morgan fingerprint density at radius 3 is 2.50 bits per heavy atom. The fourth-order valence-corrected chi connectivity index (χ4v) is 8.78. The van der Waals surface area contributed by atoms with Gasteiger partial charge in [0.15, 0.2) is 0 Å². The fraction of sp³-hybridized carbons (Fsp3) is 0.545. The summed E-state index contributed by atoms with van der Waals surface area (Å²) < 4.78 is 41.0. The topological polar surface area (TPSA) is 73.0 Å². The number of hydrogen-bond donors (Lipinski definition) is 1. The number of aromatic nitrogens is 3. The molecule has 2 saturated heterocycles. The summed E-state index contributed by atoms with van der Waals surface area (Å²) in [6.45, 7) is 9.11. The number of hydrogen-bond acceptors (Lipinski definition) is 7. The summed E-state index contributed by atoms with van der Waals surface area (Å²) in [6, 6.07) is 10.7. The van der Waals surface area contributed by atoms with Gasteiger partial charge in [0.2, 0.25) is 0 Å². The molecule has 1 saturated carbocycles. The molecular formula is C33H38F3N7S. The smallest absolute Gasteiger partial charge is 0.367 e. The van der Waals surface area contributed by atoms with Gasteiger partial charge in [-0.15, -0.1) is 11.3 Å². The minimum Gasteiger partial charge on any atom is -0.367 e. The van der Waals surface area contributed by atoms with E-state index in [9.17, 15) is 18.4 Å². The van der Waals surface area contributed by atoms with Crippen molar-refractivity contribution >= 4 is 38.3 Å². The first-order valence-electron chi connectivity index (χ1n) is 15.8. The van der Waals surface area contributed by atoms with Crippen LogP contribution >= 0.6 is 11.3 Å². The van der Waals surface area contributed by atoms with Crippen molar-refractivity contribution in [2.24, 2.45) is 11.8 Å². The van der Waals surface area contributed by atoms with Gasteiger partial charge in [0.05, 0.1) is 11.8 Å². The van der Waals surface area contributed by atoms with Gasteiger partial charge in [-0.05, 0) is 73.8 Å². The second-order valence-electron chi connectivity index (χ2n) is 12.9. The Bertz CT molecular complexity index is 1680. The number of fused-ring (bicyclic) bond motifs is 3. The predicted octanol–water partition coefficient (Wildman–Crippen LogP) is 6.74. The SMILES string of the molecule is Cc1c(CN2CCC(Nc3ncnc4sc(CC(F)(F)F)cc34)CC2)ccc2c1cc(C#N)n2CCN1CC2CCCC2C1. The molecule has 3 aliphatic rings. The largest absolute Gasteiger partial charge is 0.393 e. The lowest BCUT2D eigenvalue weighted by atomic mass is 10.0. The van der Waals surface area contributed by atoms with Crippen LogP contribution in [0.3, 0.4) is 0 Å². The average Bonchev–Trinajstić information content (AvgIpc) is 3.76. The zero-order chi connectivity index (χ0) is 30.4. The van der Waals surface area contributed by atoms with Gasteiger partial charge in [0, 0.05) is 67.6 Å². The molecular weight excluding hydrogens is 583 g/mol. The third kappa shape index (κ3) is 6.04. The molecule has 5 heterocycles. The lowest BCUT2D eigenvalue weighted by Gasteiger charge is -2.33. The second-order valence-corrected chi connectivity index (χ2v) is 14.0. The van der Waals surface area contributed by atoms with Crippen LogP contribution in [0.15, 0.2) is 30.6 Å². The monoisotopic (exact) mass is 621 g/mol. The molecule has 3 fully saturated rings. The Morgan fingerprint density at radius 1 is 1.00 bits per heavy atom. The van der Waals surface area contributed by atoms with E-state index in [0.717, 1.165) is 79.9 Å². The molecule has 44 heavy (non-hydrogen) atoms. The molecule has 1 aromatic carbocycles. The van der Waals surface area contributed by atoms with Crippen LogP contribution < -0.4 is 5.32 Å². The second kappa shape index (κ2) is 12.0. The maximum absolute atomic E-state index is 12.9. The van der Waals surface area contributed by atoms with Crippen molar-refractivity contribution in [2.45, 2.75) is 70.8 Å². The summed E-state index contributed by atoms with van der Waals surface area (Å²) in [7, 11) is 0. The minimum atomic E-state index is -4.24. The van der Waals surface area contributed by atoms with Crippen molar-refractivity contribution in [1.29, 1.82) is 5.26 Å². The Kier molecular flexibility index (Phi) is 8.02. The molecule has 1 N–H and O–H groups in total. The summed E-state index contributed by atoms with van der Waals surface area (Å²) in [5.74, 6) is 2.37. The van der Waals surface area contributed by atoms with Gasteiger partial charge in [0.1, 0.15) is 28.7 Å². The molecule has 7 nitrogen and oxygen atoms in total. The van der Waals surface area contributed by atoms with Crippen LogP contribution in [0.4, 0.5) is 19.0 Å². The Labute approximate surface area is 259 Å². The van der Waals surface area contributed by atoms with E-state index in [1.54, 1.807) is 6.07 Å². The van der Waals surface area contributed by atoms with Gasteiger partial charge >= 0.3 is 6.18 Å². The number of benzene rings is 1. The van der Waals surface area contributed by atoms with Gasteiger partial charge < -0.3 is 14.8 Å². The summed E-state index contributed by atoms with van der Waals surface area (Å²) in [4.78, 5) is 14.5. The average molecular weight is 622 g/mol. The zero-order valence-corrected chi connectivity index (χ0v) is 25.9. The van der Waals surface area contributed by atoms with Crippen LogP contribution in [0, 0.1) is 30.1 Å². The standard InChI is InChI=1S/C33H38F3N7S/c1-21-22(5-6-30-28(21)13-26(16-37)43(30)12-11-42-18-23-3-2-4-24(23)19-42)17-41-9-7-25(8-10-41)40-31-29-14-27(15-33(34,35)36)44-32(29)39-20-38-31/h5-6,13-14,20,23-25H,2-4,7-12,15,17-19H2,1H3,(H,38,39,40). The van der Waals surface area contributed by atoms with E-state index in [1.807, 2.05) is 0 Å². The van der Waals surface area contributed by atoms with Gasteiger partial charge in [-0.3, -0.25) is 4.90 Å². The van der Waals surface area contributed by atoms with E-state index in [4.69, 9.17) is 0 Å². The summed E-state index contributed by atoms with van der Waals surface area (Å²) in [5.41, 5.74) is 4.41. The summed E-state index contributed by atoms with van der Waals surface area (Å²) in [6.07, 6.45) is 2.21. The molecule has 0 spiro atoms. The van der Waals surface area contributed by atoms with E-state index in [-0.39, 0.29) is 10.9 Å². The molecule has 7 rings (SSSR count). The van der Waals surface area contributed by atoms with E-state index in [0.29, 0.717) is 16.0 Å². The Morgan fingerprint density at radius 2 is 1.77 bits per heavy atom. The molecule has 0 bridgehead atoms. The van der Waals surface area contributed by atoms with Gasteiger partial charge in [-0.2, -0.15) is 18.4 Å². The number of piperidine rings is 1. The van der Waals surface area contributed by atoms with E-state index in [2.05, 4.69) is 60.8 Å². The highest BCUT2D eigenvalue weighted by Gasteiger charge is 2.35. The van der Waals surface area contributed by atoms with Gasteiger partial charge in [-0.1, -0.05) is 12.5 Å². The number of thiophene rings is 1. The van der Waals surface area contributed by atoms with Gasteiger partial charge in [0.25, 0.3) is 0 Å². The Hall–Kier alpha value is -3.20. The van der Waals surface area contributed by atoms with Crippen molar-refractivity contribution in [3.63, 3.8) is 0 Å². The number of alkyl halides is 3. The van der Waals surface area contributed by atoms with Crippen molar-refractivity contribution in [3.8, 4) is 6.07 Å². The molecule has 2 atom stereocenters. The number of anilines is 1. The van der Waals surface area contributed by atoms with Gasteiger partial charge in [-0.25, -0.2) is 9.97 Å². The quantitative estimate of drug-likeness (QED) is 0.235. The van der Waals surface area contributed by atoms with E-state index in [1.165, 1.54) is 55.2 Å². The molecule has 0 amide bonds. The molecule has 232 valence electrons. The fourth-order valence-electron chi connectivity index (χ4n) is 7.76. The predicted molar refractivity (Wildman–Crippen MR) is 168 cm³/mol. The van der Waals surface area contributed by atoms with E-state index >= 15 is 0 Å². The number of aryl methyl sites for hydroxylation is 1. The zero-order valence-electron chi connectivity index (χ0n) is 25.0. The van der Waals surface area contributed by atoms with Crippen molar-refractivity contribution in [1.82, 2.24) is 24.3 Å². The van der Waals surface area contributed by atoms with Crippen LogP contribution in [0.2, 0.25) is 0 Å². The molecule has 4 aromatic rings. The van der Waals surface area contributed by atoms with Crippen LogP contribution in [0.5, 0.6) is 0 Å². The van der Waals surface area contributed by atoms with Crippen molar-refractivity contribution < 1.29 is 13.2 Å². The molecule has 11 heteroatoms. The maximum atomic E-state index is 12.9. The number of nitriles is 1. The first-order chi connectivity index (χ1) is 21.2. The number of halogens is 3. The maximum Gasteiger partial charge on any atom is 0.393 e. The van der Waals surface area contributed by atoms with Crippen molar-refractivity contribution in [3.05, 3.63) is 52.3 Å². The highest BCUT2D eigenvalue weighted by Crippen LogP contribution is 2.38. The van der Waals surface area contributed by atoms with E-state index < -0.39 is 12.6 Å². The highest BCUT2D eigenvalue weighted by atomic mass is 32.1. The Balaban J connectivity index is 0.979. The summed E-state index contributed by atoms with van der Waals surface area (Å²) in [5, 5.41) is 15.3. The number of nitrogens with zero attached hydrogens (tertiary/aromatic N) is 6. The molecule has 2 unspecified atom stereocenters. The third-order valence-electron chi connectivity index (χ3n) is 10.1. The number of rotatable bonds is 8. The number of likely N-dealkylation sites (tertiary alicyclic amines) is 2. The van der Waals surface area contributed by atoms with Crippen LogP contribution in [0.25, 0.3) is 21.1 Å². The van der Waals surface area contributed by atoms with Crippen LogP contribution in [-0.2, 0) is 19.5 Å². The first kappa shape index (κ1) is 29.5.